The van der Waals surface area contributed by atoms with Crippen LogP contribution in [0.4, 0.5) is 0 Å². The Labute approximate surface area is 68.0 Å². The molecule has 0 radical (unpaired) electrons. The van der Waals surface area contributed by atoms with Gasteiger partial charge in [-0.3, -0.25) is 4.79 Å². The fraction of sp³-hybridized carbons (Fsp3) is 0.778. The summed E-state index contributed by atoms with van der Waals surface area (Å²) in [5.74, 6) is 0.415. The first kappa shape index (κ1) is 10.3. The average Bonchev–Trinajstić information content (AvgIpc) is 1.81. The standard InChI is InChI=1S/C9H16O2/c1-6(2)9(8(4)11)5-7(3)10/h6,9H,5H2,1-4H3. The summed E-state index contributed by atoms with van der Waals surface area (Å²) in [5, 5.41) is 0. The normalized spacial score (nSPS) is 13.2. The second-order valence-electron chi connectivity index (χ2n) is 3.37. The minimum atomic E-state index is -0.0764. The van der Waals surface area contributed by atoms with Crippen LogP contribution in [-0.2, 0) is 9.59 Å². The third-order valence-electron chi connectivity index (χ3n) is 1.83. The van der Waals surface area contributed by atoms with Crippen LogP contribution in [0, 0.1) is 11.8 Å². The van der Waals surface area contributed by atoms with E-state index in [-0.39, 0.29) is 23.4 Å². The minimum absolute atomic E-state index is 0.0764. The fourth-order valence-electron chi connectivity index (χ4n) is 1.16. The quantitative estimate of drug-likeness (QED) is 0.622. The highest BCUT2D eigenvalue weighted by molar-refractivity contribution is 5.85. The molecule has 0 aromatic carbocycles. The van der Waals surface area contributed by atoms with Crippen LogP contribution in [0.5, 0.6) is 0 Å². The Bertz CT molecular complexity index is 159. The number of rotatable bonds is 4. The molecule has 0 aliphatic heterocycles. The second kappa shape index (κ2) is 4.27. The zero-order valence-electron chi connectivity index (χ0n) is 7.68. The summed E-state index contributed by atoms with van der Waals surface area (Å²) in [6, 6.07) is 0. The Hall–Kier alpha value is -0.660. The lowest BCUT2D eigenvalue weighted by atomic mass is 9.88. The molecule has 0 aliphatic carbocycles. The molecule has 1 unspecified atom stereocenters. The van der Waals surface area contributed by atoms with Crippen LogP contribution >= 0.6 is 0 Å². The topological polar surface area (TPSA) is 34.1 Å². The van der Waals surface area contributed by atoms with Gasteiger partial charge in [0.15, 0.2) is 0 Å². The van der Waals surface area contributed by atoms with Crippen LogP contribution in [0.2, 0.25) is 0 Å². The minimum Gasteiger partial charge on any atom is -0.300 e. The van der Waals surface area contributed by atoms with Crippen molar-refractivity contribution in [1.82, 2.24) is 0 Å². The van der Waals surface area contributed by atoms with Gasteiger partial charge in [0.2, 0.25) is 0 Å². The zero-order chi connectivity index (χ0) is 9.02. The van der Waals surface area contributed by atoms with Crippen molar-refractivity contribution in [2.45, 2.75) is 34.1 Å². The van der Waals surface area contributed by atoms with Crippen molar-refractivity contribution in [2.24, 2.45) is 11.8 Å². The molecule has 0 fully saturated rings. The van der Waals surface area contributed by atoms with E-state index < -0.39 is 0 Å². The summed E-state index contributed by atoms with van der Waals surface area (Å²) >= 11 is 0. The Morgan fingerprint density at radius 1 is 1.18 bits per heavy atom. The summed E-state index contributed by atoms with van der Waals surface area (Å²) < 4.78 is 0. The van der Waals surface area contributed by atoms with E-state index in [1.807, 2.05) is 13.8 Å². The SMILES string of the molecule is CC(=O)CC(C(C)=O)C(C)C. The molecule has 1 atom stereocenters. The van der Waals surface area contributed by atoms with Crippen LogP contribution in [0.3, 0.4) is 0 Å². The Kier molecular flexibility index (Phi) is 4.01. The summed E-state index contributed by atoms with van der Waals surface area (Å²) in [6.07, 6.45) is 0.396. The van der Waals surface area contributed by atoms with Crippen LogP contribution < -0.4 is 0 Å². The van der Waals surface area contributed by atoms with Gasteiger partial charge in [-0.25, -0.2) is 0 Å². The van der Waals surface area contributed by atoms with E-state index in [9.17, 15) is 9.59 Å². The van der Waals surface area contributed by atoms with Gasteiger partial charge < -0.3 is 4.79 Å². The van der Waals surface area contributed by atoms with E-state index >= 15 is 0 Å². The molecule has 0 aromatic rings. The number of hydrogen-bond donors (Lipinski definition) is 0. The lowest BCUT2D eigenvalue weighted by Gasteiger charge is -2.15. The van der Waals surface area contributed by atoms with Crippen molar-refractivity contribution < 1.29 is 9.59 Å². The first-order valence-corrected chi connectivity index (χ1v) is 3.95. The monoisotopic (exact) mass is 156 g/mol. The molecule has 0 rings (SSSR count). The van der Waals surface area contributed by atoms with Crippen LogP contribution in [-0.4, -0.2) is 11.6 Å². The molecule has 64 valence electrons. The third-order valence-corrected chi connectivity index (χ3v) is 1.83. The van der Waals surface area contributed by atoms with Gasteiger partial charge in [-0.2, -0.15) is 0 Å². The number of ketones is 2. The average molecular weight is 156 g/mol. The van der Waals surface area contributed by atoms with Crippen molar-refractivity contribution in [2.75, 3.05) is 0 Å². The second-order valence-corrected chi connectivity index (χ2v) is 3.37. The van der Waals surface area contributed by atoms with Gasteiger partial charge in [-0.15, -0.1) is 0 Å². The molecule has 0 saturated heterocycles. The summed E-state index contributed by atoms with van der Waals surface area (Å²) in [5.41, 5.74) is 0. The number of hydrogen-bond acceptors (Lipinski definition) is 2. The molecule has 11 heavy (non-hydrogen) atoms. The van der Waals surface area contributed by atoms with Crippen LogP contribution in [0.25, 0.3) is 0 Å². The van der Waals surface area contributed by atoms with Crippen molar-refractivity contribution in [1.29, 1.82) is 0 Å². The number of carbonyl (C=O) groups excluding carboxylic acids is 2. The predicted molar refractivity (Wildman–Crippen MR) is 44.3 cm³/mol. The maximum Gasteiger partial charge on any atom is 0.133 e. The van der Waals surface area contributed by atoms with E-state index in [1.54, 1.807) is 6.92 Å². The molecule has 2 heteroatoms. The summed E-state index contributed by atoms with van der Waals surface area (Å²) in [7, 11) is 0. The lowest BCUT2D eigenvalue weighted by molar-refractivity contribution is -0.127. The van der Waals surface area contributed by atoms with Crippen molar-refractivity contribution in [3.63, 3.8) is 0 Å². The maximum atomic E-state index is 11.0. The fourth-order valence-corrected chi connectivity index (χ4v) is 1.16. The smallest absolute Gasteiger partial charge is 0.133 e. The van der Waals surface area contributed by atoms with E-state index in [0.29, 0.717) is 6.42 Å². The van der Waals surface area contributed by atoms with Crippen molar-refractivity contribution in [3.05, 3.63) is 0 Å². The van der Waals surface area contributed by atoms with Gasteiger partial charge in [0, 0.05) is 12.3 Å². The van der Waals surface area contributed by atoms with Gasteiger partial charge in [-0.05, 0) is 19.8 Å². The van der Waals surface area contributed by atoms with E-state index in [2.05, 4.69) is 0 Å². The Morgan fingerprint density at radius 2 is 1.64 bits per heavy atom. The maximum absolute atomic E-state index is 11.0. The van der Waals surface area contributed by atoms with E-state index in [1.165, 1.54) is 6.92 Å². The molecule has 0 bridgehead atoms. The number of Topliss-reactive ketones (excluding diaryl/α,β-unsaturated/α-hetero) is 2. The largest absolute Gasteiger partial charge is 0.300 e. The highest BCUT2D eigenvalue weighted by Gasteiger charge is 2.19. The molecule has 0 N–H and O–H groups in total. The predicted octanol–water partition coefficient (Wildman–Crippen LogP) is 1.83. The molecular formula is C9H16O2. The van der Waals surface area contributed by atoms with E-state index in [4.69, 9.17) is 0 Å². The molecule has 0 spiro atoms. The van der Waals surface area contributed by atoms with E-state index in [0.717, 1.165) is 0 Å². The first-order chi connectivity index (χ1) is 4.95. The Morgan fingerprint density at radius 3 is 1.73 bits per heavy atom. The number of carbonyl (C=O) groups is 2. The lowest BCUT2D eigenvalue weighted by Crippen LogP contribution is -2.20. The Balaban J connectivity index is 4.12. The molecule has 0 heterocycles. The van der Waals surface area contributed by atoms with Crippen molar-refractivity contribution in [3.8, 4) is 0 Å². The van der Waals surface area contributed by atoms with Crippen molar-refractivity contribution >= 4 is 11.6 Å². The highest BCUT2D eigenvalue weighted by Crippen LogP contribution is 2.16. The molecule has 0 aromatic heterocycles. The summed E-state index contributed by atoms with van der Waals surface area (Å²) in [4.78, 5) is 21.7. The molecule has 0 amide bonds. The van der Waals surface area contributed by atoms with Gasteiger partial charge in [0.05, 0.1) is 0 Å². The zero-order valence-corrected chi connectivity index (χ0v) is 7.68. The summed E-state index contributed by atoms with van der Waals surface area (Å²) in [6.45, 7) is 7.01. The highest BCUT2D eigenvalue weighted by atomic mass is 16.1. The molecule has 0 aliphatic rings. The van der Waals surface area contributed by atoms with Crippen LogP contribution in [0.15, 0.2) is 0 Å². The van der Waals surface area contributed by atoms with Crippen LogP contribution in [0.1, 0.15) is 34.1 Å². The van der Waals surface area contributed by atoms with Gasteiger partial charge >= 0.3 is 0 Å². The van der Waals surface area contributed by atoms with Gasteiger partial charge in [0.25, 0.3) is 0 Å². The molecular weight excluding hydrogens is 140 g/mol. The first-order valence-electron chi connectivity index (χ1n) is 3.95. The van der Waals surface area contributed by atoms with Gasteiger partial charge in [0.1, 0.15) is 11.6 Å². The molecule has 2 nitrogen and oxygen atoms in total. The molecule has 0 saturated carbocycles. The third kappa shape index (κ3) is 3.91. The van der Waals surface area contributed by atoms with Gasteiger partial charge in [-0.1, -0.05) is 13.8 Å².